The molecule has 3 aromatic heterocycles. The second-order valence-corrected chi connectivity index (χ2v) is 8.30. The summed E-state index contributed by atoms with van der Waals surface area (Å²) in [5.74, 6) is -2.18. The molecule has 4 aromatic rings. The second-order valence-electron chi connectivity index (χ2n) is 8.30. The van der Waals surface area contributed by atoms with Crippen LogP contribution in [0.2, 0.25) is 0 Å². The van der Waals surface area contributed by atoms with E-state index in [9.17, 15) is 13.6 Å². The Morgan fingerprint density at radius 3 is 2.67 bits per heavy atom. The van der Waals surface area contributed by atoms with Gasteiger partial charge in [0.05, 0.1) is 12.2 Å². The molecule has 1 fully saturated rings. The van der Waals surface area contributed by atoms with E-state index in [1.165, 1.54) is 6.20 Å². The fourth-order valence-corrected chi connectivity index (χ4v) is 4.36. The molecular formula is C24H20F2N6O. The Balaban J connectivity index is 1.49. The Labute approximate surface area is 187 Å². The molecule has 0 amide bonds. The summed E-state index contributed by atoms with van der Waals surface area (Å²) in [5.41, 5.74) is 3.14. The Bertz CT molecular complexity index is 1410. The number of alkyl halides is 2. The zero-order chi connectivity index (χ0) is 23.0. The minimum absolute atomic E-state index is 0.193. The van der Waals surface area contributed by atoms with Crippen molar-refractivity contribution in [2.45, 2.75) is 44.1 Å². The summed E-state index contributed by atoms with van der Waals surface area (Å²) >= 11 is 0. The predicted octanol–water partition coefficient (Wildman–Crippen LogP) is 4.39. The van der Waals surface area contributed by atoms with Gasteiger partial charge in [0, 0.05) is 31.0 Å². The number of pyridine rings is 1. The number of aromatic nitrogens is 5. The van der Waals surface area contributed by atoms with Crippen LogP contribution in [0.15, 0.2) is 53.6 Å². The maximum atomic E-state index is 13.6. The fourth-order valence-electron chi connectivity index (χ4n) is 4.36. The monoisotopic (exact) mass is 446 g/mol. The lowest BCUT2D eigenvalue weighted by atomic mass is 9.92. The maximum absolute atomic E-state index is 13.6. The molecule has 3 heterocycles. The number of aromatic amines is 1. The summed E-state index contributed by atoms with van der Waals surface area (Å²) in [6, 6.07) is 13.0. The Kier molecular flexibility index (Phi) is 5.21. The topological polar surface area (TPSA) is 100 Å². The first kappa shape index (κ1) is 20.9. The van der Waals surface area contributed by atoms with Crippen LogP contribution in [0.3, 0.4) is 0 Å². The zero-order valence-corrected chi connectivity index (χ0v) is 17.6. The summed E-state index contributed by atoms with van der Waals surface area (Å²) < 4.78 is 28.8. The number of fused-ring (bicyclic) bond motifs is 1. The molecule has 166 valence electrons. The molecule has 7 nitrogen and oxygen atoms in total. The van der Waals surface area contributed by atoms with E-state index in [2.05, 4.69) is 20.1 Å². The highest BCUT2D eigenvalue weighted by molar-refractivity contribution is 5.73. The summed E-state index contributed by atoms with van der Waals surface area (Å²) in [7, 11) is 0. The van der Waals surface area contributed by atoms with E-state index in [1.54, 1.807) is 16.9 Å². The van der Waals surface area contributed by atoms with Crippen LogP contribution in [-0.2, 0) is 6.42 Å². The van der Waals surface area contributed by atoms with Gasteiger partial charge in [-0.1, -0.05) is 24.3 Å². The smallest absolute Gasteiger partial charge is 0.262 e. The van der Waals surface area contributed by atoms with Gasteiger partial charge in [-0.05, 0) is 36.1 Å². The minimum Gasteiger partial charge on any atom is -0.310 e. The van der Waals surface area contributed by atoms with Gasteiger partial charge in [0.15, 0.2) is 5.65 Å². The number of nitrogens with one attached hydrogen (secondary N) is 1. The highest BCUT2D eigenvalue weighted by Crippen LogP contribution is 2.38. The van der Waals surface area contributed by atoms with Crippen molar-refractivity contribution in [3.05, 3.63) is 76.2 Å². The van der Waals surface area contributed by atoms with Crippen LogP contribution >= 0.6 is 0 Å². The number of H-pyrrole nitrogens is 1. The zero-order valence-electron chi connectivity index (χ0n) is 17.6. The summed E-state index contributed by atoms with van der Waals surface area (Å²) in [6.45, 7) is 0. The highest BCUT2D eigenvalue weighted by atomic mass is 19.3. The molecule has 1 aromatic carbocycles. The van der Waals surface area contributed by atoms with Gasteiger partial charge in [0.2, 0.25) is 5.92 Å². The Morgan fingerprint density at radius 2 is 1.94 bits per heavy atom. The molecular weight excluding hydrogens is 426 g/mol. The van der Waals surface area contributed by atoms with Gasteiger partial charge >= 0.3 is 0 Å². The van der Waals surface area contributed by atoms with Gasteiger partial charge in [0.1, 0.15) is 23.0 Å². The van der Waals surface area contributed by atoms with E-state index >= 15 is 0 Å². The molecule has 5 rings (SSSR count). The van der Waals surface area contributed by atoms with Crippen LogP contribution in [0.5, 0.6) is 0 Å². The molecule has 0 radical (unpaired) electrons. The molecule has 1 aliphatic carbocycles. The van der Waals surface area contributed by atoms with Crippen molar-refractivity contribution in [3.63, 3.8) is 0 Å². The van der Waals surface area contributed by atoms with Gasteiger partial charge in [-0.2, -0.15) is 10.4 Å². The van der Waals surface area contributed by atoms with Crippen LogP contribution in [0, 0.1) is 11.3 Å². The summed E-state index contributed by atoms with van der Waals surface area (Å²) in [4.78, 5) is 24.3. The third-order valence-corrected chi connectivity index (χ3v) is 6.11. The van der Waals surface area contributed by atoms with E-state index in [-0.39, 0.29) is 24.4 Å². The van der Waals surface area contributed by atoms with Gasteiger partial charge in [-0.3, -0.25) is 4.79 Å². The number of hydrogen-bond acceptors (Lipinski definition) is 5. The molecule has 1 saturated carbocycles. The summed E-state index contributed by atoms with van der Waals surface area (Å²) in [6.07, 6.45) is 3.65. The highest BCUT2D eigenvalue weighted by Gasteiger charge is 2.36. The molecule has 0 saturated heterocycles. The van der Waals surface area contributed by atoms with Crippen molar-refractivity contribution in [2.75, 3.05) is 0 Å². The molecule has 33 heavy (non-hydrogen) atoms. The van der Waals surface area contributed by atoms with Crippen molar-refractivity contribution < 1.29 is 8.78 Å². The molecule has 0 unspecified atom stereocenters. The molecule has 0 aliphatic heterocycles. The molecule has 0 atom stereocenters. The Morgan fingerprint density at radius 1 is 1.15 bits per heavy atom. The van der Waals surface area contributed by atoms with E-state index in [0.29, 0.717) is 41.8 Å². The van der Waals surface area contributed by atoms with Crippen molar-refractivity contribution in [2.24, 2.45) is 0 Å². The largest absolute Gasteiger partial charge is 0.310 e. The van der Waals surface area contributed by atoms with E-state index in [0.717, 1.165) is 16.7 Å². The number of nitrogens with zero attached hydrogens (tertiary/aromatic N) is 5. The lowest BCUT2D eigenvalue weighted by Gasteiger charge is -2.28. The van der Waals surface area contributed by atoms with E-state index in [4.69, 9.17) is 5.26 Å². The SMILES string of the molecule is N#Cc1ccc(-c2ccccc2Cc2nc3c(cnn3C3CCC(F)(F)CC3)c(=O)[nH]2)cn1. The molecule has 9 heteroatoms. The lowest BCUT2D eigenvalue weighted by molar-refractivity contribution is -0.0446. The predicted molar refractivity (Wildman–Crippen MR) is 118 cm³/mol. The van der Waals surface area contributed by atoms with Crippen LogP contribution in [0.4, 0.5) is 8.78 Å². The molecule has 1 N–H and O–H groups in total. The quantitative estimate of drug-likeness (QED) is 0.501. The minimum atomic E-state index is -2.64. The van der Waals surface area contributed by atoms with E-state index in [1.807, 2.05) is 36.4 Å². The summed E-state index contributed by atoms with van der Waals surface area (Å²) in [5, 5.41) is 13.6. The van der Waals surface area contributed by atoms with Gasteiger partial charge in [-0.15, -0.1) is 0 Å². The molecule has 1 aliphatic rings. The molecule has 0 bridgehead atoms. The van der Waals surface area contributed by atoms with Gasteiger partial charge in [-0.25, -0.2) is 23.4 Å². The number of benzene rings is 1. The van der Waals surface area contributed by atoms with Crippen molar-refractivity contribution in [1.29, 1.82) is 5.26 Å². The maximum Gasteiger partial charge on any atom is 0.262 e. The number of halogens is 2. The second kappa shape index (κ2) is 8.20. The third kappa shape index (κ3) is 4.12. The normalized spacial score (nSPS) is 16.0. The van der Waals surface area contributed by atoms with Gasteiger partial charge < -0.3 is 4.98 Å². The van der Waals surface area contributed by atoms with Crippen LogP contribution in [0.1, 0.15) is 48.8 Å². The van der Waals surface area contributed by atoms with Crippen molar-refractivity contribution >= 4 is 11.0 Å². The van der Waals surface area contributed by atoms with Crippen LogP contribution < -0.4 is 5.56 Å². The average Bonchev–Trinajstić information content (AvgIpc) is 3.24. The van der Waals surface area contributed by atoms with Crippen molar-refractivity contribution in [3.8, 4) is 17.2 Å². The Hall–Kier alpha value is -3.93. The number of rotatable bonds is 4. The first-order valence-corrected chi connectivity index (χ1v) is 10.7. The first-order chi connectivity index (χ1) is 15.9. The first-order valence-electron chi connectivity index (χ1n) is 10.7. The standard InChI is InChI=1S/C24H20F2N6O/c25-24(26)9-7-18(8-10-24)32-22-20(14-29-32)23(33)31-21(30-22)11-15-3-1-2-4-19(15)16-5-6-17(12-27)28-13-16/h1-6,13-14,18H,7-11H2,(H,30,31,33). The number of nitriles is 1. The number of hydrogen-bond donors (Lipinski definition) is 1. The lowest BCUT2D eigenvalue weighted by Crippen LogP contribution is -2.27. The van der Waals surface area contributed by atoms with Crippen molar-refractivity contribution in [1.82, 2.24) is 24.7 Å². The third-order valence-electron chi connectivity index (χ3n) is 6.11. The van der Waals surface area contributed by atoms with Gasteiger partial charge in [0.25, 0.3) is 5.56 Å². The van der Waals surface area contributed by atoms with E-state index < -0.39 is 5.92 Å². The fraction of sp³-hybridized carbons (Fsp3) is 0.292. The van der Waals surface area contributed by atoms with Crippen LogP contribution in [0.25, 0.3) is 22.2 Å². The molecule has 0 spiro atoms. The van der Waals surface area contributed by atoms with Crippen LogP contribution in [-0.4, -0.2) is 30.7 Å². The average molecular weight is 446 g/mol.